The maximum atomic E-state index is 17.2. The summed E-state index contributed by atoms with van der Waals surface area (Å²) < 4.78 is 38.9. The molecule has 10 heteroatoms. The SMILES string of the molecule is C[C@H]1C[C@H]2[C@@H]3CCC4=CCC(=O)[C@H]5O[C@@H](C[C@]2(C)[C@@]1(O)C(=O)COP(=O)(O)O)[C@]3(F)[C@@]45C. The zero-order chi connectivity index (χ0) is 23.5. The molecule has 32 heavy (non-hydrogen) atoms. The van der Waals surface area contributed by atoms with Gasteiger partial charge in [-0.2, -0.15) is 0 Å². The quantitative estimate of drug-likeness (QED) is 0.420. The molecule has 5 aliphatic rings. The molecule has 4 aliphatic carbocycles. The van der Waals surface area contributed by atoms with E-state index in [2.05, 4.69) is 4.52 Å². The van der Waals surface area contributed by atoms with Gasteiger partial charge >= 0.3 is 7.82 Å². The molecule has 0 aromatic carbocycles. The predicted octanol–water partition coefficient (Wildman–Crippen LogP) is 2.25. The number of halogens is 1. The van der Waals surface area contributed by atoms with Crippen LogP contribution in [-0.4, -0.2) is 56.5 Å². The van der Waals surface area contributed by atoms with Crippen LogP contribution in [0, 0.1) is 28.6 Å². The van der Waals surface area contributed by atoms with Crippen LogP contribution in [0.5, 0.6) is 0 Å². The number of ether oxygens (including phenoxy) is 1. The molecule has 0 unspecified atom stereocenters. The fraction of sp³-hybridized carbons (Fsp3) is 0.818. The number of alkyl halides is 1. The Kier molecular flexibility index (Phi) is 4.69. The number of carbonyl (C=O) groups is 2. The van der Waals surface area contributed by atoms with Crippen LogP contribution in [-0.2, 0) is 23.4 Å². The van der Waals surface area contributed by atoms with E-state index in [0.717, 1.165) is 5.57 Å². The molecule has 178 valence electrons. The summed E-state index contributed by atoms with van der Waals surface area (Å²) in [5.74, 6) is -2.37. The molecular weight excluding hydrogens is 442 g/mol. The summed E-state index contributed by atoms with van der Waals surface area (Å²) in [7, 11) is -4.90. The minimum absolute atomic E-state index is 0.0415. The van der Waals surface area contributed by atoms with E-state index >= 15 is 4.39 Å². The average Bonchev–Trinajstić information content (AvgIpc) is 3.05. The number of fused-ring (bicyclic) bond motifs is 2. The van der Waals surface area contributed by atoms with E-state index in [1.54, 1.807) is 20.8 Å². The largest absolute Gasteiger partial charge is 0.470 e. The highest BCUT2D eigenvalue weighted by atomic mass is 31.2. The van der Waals surface area contributed by atoms with Gasteiger partial charge in [-0.05, 0) is 44.4 Å². The van der Waals surface area contributed by atoms with Gasteiger partial charge < -0.3 is 19.6 Å². The van der Waals surface area contributed by atoms with E-state index in [1.165, 1.54) is 0 Å². The smallest absolute Gasteiger partial charge is 0.381 e. The van der Waals surface area contributed by atoms with E-state index in [-0.39, 0.29) is 24.5 Å². The predicted molar refractivity (Wildman–Crippen MR) is 109 cm³/mol. The minimum atomic E-state index is -4.90. The van der Waals surface area contributed by atoms with Crippen molar-refractivity contribution in [3.05, 3.63) is 11.6 Å². The van der Waals surface area contributed by atoms with E-state index in [4.69, 9.17) is 14.5 Å². The Labute approximate surface area is 185 Å². The first-order chi connectivity index (χ1) is 14.7. The molecule has 8 nitrogen and oxygen atoms in total. The summed E-state index contributed by atoms with van der Waals surface area (Å²) in [6, 6.07) is 0. The van der Waals surface area contributed by atoms with Gasteiger partial charge in [0, 0.05) is 17.8 Å². The third kappa shape index (κ3) is 2.48. The average molecular weight is 472 g/mol. The number of aliphatic hydroxyl groups is 1. The fourth-order valence-electron chi connectivity index (χ4n) is 8.29. The van der Waals surface area contributed by atoms with Crippen LogP contribution in [0.3, 0.4) is 0 Å². The molecule has 5 rings (SSSR count). The summed E-state index contributed by atoms with van der Waals surface area (Å²) >= 11 is 0. The lowest BCUT2D eigenvalue weighted by atomic mass is 9.44. The number of allylic oxidation sites excluding steroid dienone is 1. The molecule has 0 bridgehead atoms. The van der Waals surface area contributed by atoms with Crippen molar-refractivity contribution in [1.82, 2.24) is 0 Å². The topological polar surface area (TPSA) is 130 Å². The van der Waals surface area contributed by atoms with Crippen LogP contribution < -0.4 is 0 Å². The Morgan fingerprint density at radius 2 is 2.03 bits per heavy atom. The van der Waals surface area contributed by atoms with Crippen molar-refractivity contribution >= 4 is 19.4 Å². The molecule has 0 radical (unpaired) electrons. The standard InChI is InChI=1S/C22H30FO8P/c1-11-8-14-13-6-4-12-5-7-15(24)18-20(12,3)21(13,23)17(31-18)9-19(14,2)22(11,26)16(25)10-30-32(27,28)29/h5,11,13-14,17-18,26H,4,6-10H2,1-3H3,(H2,27,28,29)/t11-,13-,14-,17-,18+,19-,20-,21-,22-/m0/s1. The van der Waals surface area contributed by atoms with Gasteiger partial charge in [-0.1, -0.05) is 25.5 Å². The van der Waals surface area contributed by atoms with Crippen LogP contribution in [0.15, 0.2) is 11.6 Å². The fourth-order valence-corrected chi connectivity index (χ4v) is 8.58. The van der Waals surface area contributed by atoms with Crippen molar-refractivity contribution in [3.8, 4) is 0 Å². The number of rotatable bonds is 4. The number of hydrogen-bond acceptors (Lipinski definition) is 6. The highest BCUT2D eigenvalue weighted by Gasteiger charge is 2.80. The first kappa shape index (κ1) is 22.8. The zero-order valence-corrected chi connectivity index (χ0v) is 19.3. The van der Waals surface area contributed by atoms with Gasteiger partial charge in [0.25, 0.3) is 0 Å². The van der Waals surface area contributed by atoms with Crippen LogP contribution in [0.2, 0.25) is 0 Å². The number of hydrogen-bond donors (Lipinski definition) is 3. The molecule has 3 saturated carbocycles. The van der Waals surface area contributed by atoms with E-state index in [9.17, 15) is 19.3 Å². The second kappa shape index (κ2) is 6.58. The van der Waals surface area contributed by atoms with Crippen molar-refractivity contribution in [2.24, 2.45) is 28.6 Å². The summed E-state index contributed by atoms with van der Waals surface area (Å²) in [5.41, 5.74) is -4.93. The Morgan fingerprint density at radius 1 is 1.34 bits per heavy atom. The molecule has 9 atom stereocenters. The molecule has 4 fully saturated rings. The number of phosphoric ester groups is 1. The van der Waals surface area contributed by atoms with Crippen molar-refractivity contribution in [3.63, 3.8) is 0 Å². The van der Waals surface area contributed by atoms with Crippen molar-refractivity contribution in [2.45, 2.75) is 76.4 Å². The molecule has 0 aromatic heterocycles. The second-order valence-corrected chi connectivity index (χ2v) is 12.1. The van der Waals surface area contributed by atoms with E-state index in [1.807, 2.05) is 6.08 Å². The number of carbonyl (C=O) groups excluding carboxylic acids is 2. The van der Waals surface area contributed by atoms with Gasteiger partial charge in [0.15, 0.2) is 17.2 Å². The van der Waals surface area contributed by atoms with Gasteiger partial charge in [0.05, 0.1) is 11.5 Å². The maximum Gasteiger partial charge on any atom is 0.470 e. The van der Waals surface area contributed by atoms with Crippen molar-refractivity contribution < 1.29 is 42.7 Å². The molecule has 0 aromatic rings. The Balaban J connectivity index is 1.57. The number of phosphoric acid groups is 1. The normalized spacial score (nSPS) is 51.8. The summed E-state index contributed by atoms with van der Waals surface area (Å²) in [5, 5.41) is 11.7. The monoisotopic (exact) mass is 472 g/mol. The zero-order valence-electron chi connectivity index (χ0n) is 18.4. The lowest BCUT2D eigenvalue weighted by molar-refractivity contribution is -0.196. The summed E-state index contributed by atoms with van der Waals surface area (Å²) in [6.45, 7) is 4.31. The van der Waals surface area contributed by atoms with Gasteiger partial charge in [-0.25, -0.2) is 8.96 Å². The molecule has 0 amide bonds. The van der Waals surface area contributed by atoms with Crippen LogP contribution in [0.4, 0.5) is 4.39 Å². The Hall–Kier alpha value is -0.960. The van der Waals surface area contributed by atoms with Crippen molar-refractivity contribution in [1.29, 1.82) is 0 Å². The van der Waals surface area contributed by atoms with Gasteiger partial charge in [0.1, 0.15) is 18.3 Å². The molecule has 0 spiro atoms. The molecule has 3 N–H and O–H groups in total. The van der Waals surface area contributed by atoms with Crippen LogP contribution in [0.1, 0.15) is 52.9 Å². The number of Topliss-reactive ketones (excluding diaryl/α,β-unsaturated/α-hetero) is 2. The maximum absolute atomic E-state index is 17.2. The second-order valence-electron chi connectivity index (χ2n) is 10.8. The highest BCUT2D eigenvalue weighted by molar-refractivity contribution is 7.46. The molecular formula is C22H30FO8P. The molecule has 1 aliphatic heterocycles. The third-order valence-electron chi connectivity index (χ3n) is 9.76. The Morgan fingerprint density at radius 3 is 2.69 bits per heavy atom. The minimum Gasteiger partial charge on any atom is -0.381 e. The lowest BCUT2D eigenvalue weighted by Crippen LogP contribution is -2.68. The van der Waals surface area contributed by atoms with E-state index in [0.29, 0.717) is 19.3 Å². The van der Waals surface area contributed by atoms with Crippen LogP contribution in [0.25, 0.3) is 0 Å². The van der Waals surface area contributed by atoms with Gasteiger partial charge in [0.2, 0.25) is 0 Å². The Bertz CT molecular complexity index is 977. The van der Waals surface area contributed by atoms with Gasteiger partial charge in [-0.15, -0.1) is 0 Å². The van der Waals surface area contributed by atoms with Crippen LogP contribution >= 0.6 is 7.82 Å². The summed E-state index contributed by atoms with van der Waals surface area (Å²) in [4.78, 5) is 43.9. The molecule has 1 heterocycles. The van der Waals surface area contributed by atoms with Crippen molar-refractivity contribution in [2.75, 3.05) is 6.61 Å². The lowest BCUT2D eigenvalue weighted by Gasteiger charge is -2.60. The number of ketones is 2. The third-order valence-corrected chi connectivity index (χ3v) is 10.2. The summed E-state index contributed by atoms with van der Waals surface area (Å²) in [6.07, 6.45) is 1.86. The first-order valence-corrected chi connectivity index (χ1v) is 12.8. The van der Waals surface area contributed by atoms with Gasteiger partial charge in [-0.3, -0.25) is 14.1 Å². The molecule has 1 saturated heterocycles. The first-order valence-electron chi connectivity index (χ1n) is 11.2. The van der Waals surface area contributed by atoms with E-state index < -0.39 is 66.4 Å². The highest BCUT2D eigenvalue weighted by Crippen LogP contribution is 2.74.